The van der Waals surface area contributed by atoms with Crippen molar-refractivity contribution in [2.75, 3.05) is 16.8 Å². The topological polar surface area (TPSA) is 49.4 Å². The van der Waals surface area contributed by atoms with Crippen LogP contribution in [0.2, 0.25) is 5.02 Å². The third-order valence-electron chi connectivity index (χ3n) is 3.26. The SMILES string of the molecule is CC(=O)N(CC(=O)Nc1ccc(C)c(Br)c1)c1cccc(Cl)c1. The number of hydrogen-bond donors (Lipinski definition) is 1. The number of rotatable bonds is 4. The van der Waals surface area contributed by atoms with Gasteiger partial charge in [-0.15, -0.1) is 0 Å². The van der Waals surface area contributed by atoms with E-state index in [9.17, 15) is 9.59 Å². The first-order valence-corrected chi connectivity index (χ1v) is 8.13. The van der Waals surface area contributed by atoms with E-state index >= 15 is 0 Å². The van der Waals surface area contributed by atoms with Gasteiger partial charge >= 0.3 is 0 Å². The molecule has 0 saturated heterocycles. The van der Waals surface area contributed by atoms with Gasteiger partial charge in [0.1, 0.15) is 6.54 Å². The number of anilines is 2. The Morgan fingerprint density at radius 3 is 2.57 bits per heavy atom. The van der Waals surface area contributed by atoms with Crippen LogP contribution in [-0.2, 0) is 9.59 Å². The third kappa shape index (κ3) is 4.81. The Morgan fingerprint density at radius 2 is 1.96 bits per heavy atom. The summed E-state index contributed by atoms with van der Waals surface area (Å²) < 4.78 is 0.911. The highest BCUT2D eigenvalue weighted by Gasteiger charge is 2.16. The van der Waals surface area contributed by atoms with Crippen molar-refractivity contribution in [2.45, 2.75) is 13.8 Å². The molecule has 2 rings (SSSR count). The van der Waals surface area contributed by atoms with Crippen molar-refractivity contribution in [3.8, 4) is 0 Å². The number of carbonyl (C=O) groups is 2. The lowest BCUT2D eigenvalue weighted by atomic mass is 10.2. The van der Waals surface area contributed by atoms with Crippen LogP contribution in [-0.4, -0.2) is 18.4 Å². The number of aryl methyl sites for hydroxylation is 1. The van der Waals surface area contributed by atoms with E-state index in [2.05, 4.69) is 21.2 Å². The zero-order valence-corrected chi connectivity index (χ0v) is 15.1. The summed E-state index contributed by atoms with van der Waals surface area (Å²) in [6, 6.07) is 12.4. The van der Waals surface area contributed by atoms with E-state index in [1.165, 1.54) is 11.8 Å². The van der Waals surface area contributed by atoms with E-state index in [4.69, 9.17) is 11.6 Å². The van der Waals surface area contributed by atoms with Gasteiger partial charge in [-0.1, -0.05) is 39.7 Å². The highest BCUT2D eigenvalue weighted by Crippen LogP contribution is 2.22. The molecule has 6 heteroatoms. The molecule has 0 radical (unpaired) electrons. The summed E-state index contributed by atoms with van der Waals surface area (Å²) in [7, 11) is 0. The maximum absolute atomic E-state index is 12.2. The fraction of sp³-hybridized carbons (Fsp3) is 0.176. The zero-order valence-electron chi connectivity index (χ0n) is 12.8. The molecule has 0 atom stereocenters. The van der Waals surface area contributed by atoms with Crippen LogP contribution < -0.4 is 10.2 Å². The lowest BCUT2D eigenvalue weighted by Gasteiger charge is -2.21. The van der Waals surface area contributed by atoms with Crippen LogP contribution in [0.5, 0.6) is 0 Å². The van der Waals surface area contributed by atoms with E-state index in [1.807, 2.05) is 25.1 Å². The fourth-order valence-corrected chi connectivity index (χ4v) is 2.61. The highest BCUT2D eigenvalue weighted by atomic mass is 79.9. The average Bonchev–Trinajstić information content (AvgIpc) is 2.48. The van der Waals surface area contributed by atoms with Crippen molar-refractivity contribution < 1.29 is 9.59 Å². The smallest absolute Gasteiger partial charge is 0.244 e. The average molecular weight is 396 g/mol. The summed E-state index contributed by atoms with van der Waals surface area (Å²) in [4.78, 5) is 25.4. The number of nitrogens with one attached hydrogen (secondary N) is 1. The van der Waals surface area contributed by atoms with Crippen molar-refractivity contribution in [1.29, 1.82) is 0 Å². The molecule has 0 bridgehead atoms. The molecular formula is C17H16BrClN2O2. The third-order valence-corrected chi connectivity index (χ3v) is 4.35. The van der Waals surface area contributed by atoms with Gasteiger partial charge in [0.25, 0.3) is 0 Å². The molecule has 0 aliphatic carbocycles. The van der Waals surface area contributed by atoms with Gasteiger partial charge in [0, 0.05) is 27.8 Å². The van der Waals surface area contributed by atoms with Gasteiger partial charge in [-0.25, -0.2) is 0 Å². The molecule has 2 amide bonds. The van der Waals surface area contributed by atoms with Crippen LogP contribution in [0.15, 0.2) is 46.9 Å². The Balaban J connectivity index is 2.12. The predicted molar refractivity (Wildman–Crippen MR) is 97.0 cm³/mol. The highest BCUT2D eigenvalue weighted by molar-refractivity contribution is 9.10. The summed E-state index contributed by atoms with van der Waals surface area (Å²) in [5.41, 5.74) is 2.33. The van der Waals surface area contributed by atoms with Gasteiger partial charge in [-0.2, -0.15) is 0 Å². The molecular weight excluding hydrogens is 380 g/mol. The van der Waals surface area contributed by atoms with Gasteiger partial charge in [0.2, 0.25) is 11.8 Å². The Kier molecular flexibility index (Phi) is 5.80. The van der Waals surface area contributed by atoms with Crippen LogP contribution in [0, 0.1) is 6.92 Å². The van der Waals surface area contributed by atoms with Crippen LogP contribution in [0.4, 0.5) is 11.4 Å². The Morgan fingerprint density at radius 1 is 1.22 bits per heavy atom. The molecule has 23 heavy (non-hydrogen) atoms. The first-order chi connectivity index (χ1) is 10.9. The number of nitrogens with zero attached hydrogens (tertiary/aromatic N) is 1. The fourth-order valence-electron chi connectivity index (χ4n) is 2.04. The minimum Gasteiger partial charge on any atom is -0.324 e. The lowest BCUT2D eigenvalue weighted by molar-refractivity contribution is -0.120. The molecule has 120 valence electrons. The minimum absolute atomic E-state index is 0.0822. The molecule has 2 aromatic rings. The quantitative estimate of drug-likeness (QED) is 0.834. The summed E-state index contributed by atoms with van der Waals surface area (Å²) in [5, 5.41) is 3.29. The minimum atomic E-state index is -0.282. The maximum atomic E-state index is 12.2. The van der Waals surface area contributed by atoms with E-state index in [-0.39, 0.29) is 18.4 Å². The second-order valence-corrected chi connectivity index (χ2v) is 6.39. The summed E-state index contributed by atoms with van der Waals surface area (Å²) in [5.74, 6) is -0.511. The molecule has 0 aliphatic heterocycles. The first-order valence-electron chi connectivity index (χ1n) is 6.96. The molecule has 2 aromatic carbocycles. The van der Waals surface area contributed by atoms with Crippen molar-refractivity contribution in [1.82, 2.24) is 0 Å². The van der Waals surface area contributed by atoms with E-state index in [0.717, 1.165) is 10.0 Å². The maximum Gasteiger partial charge on any atom is 0.244 e. The number of benzene rings is 2. The van der Waals surface area contributed by atoms with Crippen molar-refractivity contribution in [3.63, 3.8) is 0 Å². The predicted octanol–water partition coefficient (Wildman–Crippen LogP) is 4.40. The Bertz CT molecular complexity index is 749. The van der Waals surface area contributed by atoms with Gasteiger partial charge in [-0.05, 0) is 42.8 Å². The van der Waals surface area contributed by atoms with Crippen molar-refractivity contribution in [2.24, 2.45) is 0 Å². The number of halogens is 2. The van der Waals surface area contributed by atoms with Crippen molar-refractivity contribution in [3.05, 3.63) is 57.5 Å². The van der Waals surface area contributed by atoms with Gasteiger partial charge in [0.15, 0.2) is 0 Å². The summed E-state index contributed by atoms with van der Waals surface area (Å²) in [6.45, 7) is 3.30. The van der Waals surface area contributed by atoms with E-state index in [1.54, 1.807) is 24.3 Å². The molecule has 0 spiro atoms. The molecule has 0 fully saturated rings. The van der Waals surface area contributed by atoms with Crippen LogP contribution in [0.3, 0.4) is 0 Å². The van der Waals surface area contributed by atoms with Crippen LogP contribution in [0.1, 0.15) is 12.5 Å². The standard InChI is InChI=1S/C17H16BrClN2O2/c1-11-6-7-14(9-16(11)18)20-17(23)10-21(12(2)22)15-5-3-4-13(19)8-15/h3-9H,10H2,1-2H3,(H,20,23). The second-order valence-electron chi connectivity index (χ2n) is 5.10. The van der Waals surface area contributed by atoms with Gasteiger partial charge in [-0.3, -0.25) is 9.59 Å². The Labute approximate surface area is 148 Å². The summed E-state index contributed by atoms with van der Waals surface area (Å²) >= 11 is 9.37. The molecule has 0 unspecified atom stereocenters. The van der Waals surface area contributed by atoms with Crippen LogP contribution in [0.25, 0.3) is 0 Å². The number of hydrogen-bond acceptors (Lipinski definition) is 2. The molecule has 1 N–H and O–H groups in total. The number of carbonyl (C=O) groups excluding carboxylic acids is 2. The zero-order chi connectivity index (χ0) is 17.0. The van der Waals surface area contributed by atoms with Crippen molar-refractivity contribution >= 4 is 50.7 Å². The second kappa shape index (κ2) is 7.62. The van der Waals surface area contributed by atoms with Gasteiger partial charge < -0.3 is 10.2 Å². The number of amides is 2. The lowest BCUT2D eigenvalue weighted by Crippen LogP contribution is -2.36. The molecule has 0 aromatic heterocycles. The normalized spacial score (nSPS) is 10.3. The van der Waals surface area contributed by atoms with Crippen LogP contribution >= 0.6 is 27.5 Å². The monoisotopic (exact) mass is 394 g/mol. The summed E-state index contributed by atoms with van der Waals surface area (Å²) in [6.07, 6.45) is 0. The van der Waals surface area contributed by atoms with Gasteiger partial charge in [0.05, 0.1) is 0 Å². The first kappa shape index (κ1) is 17.5. The largest absolute Gasteiger partial charge is 0.324 e. The molecule has 0 aliphatic rings. The molecule has 0 saturated carbocycles. The van der Waals surface area contributed by atoms with E-state index < -0.39 is 0 Å². The Hall–Kier alpha value is -1.85. The molecule has 4 nitrogen and oxygen atoms in total. The molecule has 0 heterocycles. The van der Waals surface area contributed by atoms with E-state index in [0.29, 0.717) is 16.4 Å².